The van der Waals surface area contributed by atoms with Gasteiger partial charge in [-0.25, -0.2) is 0 Å². The van der Waals surface area contributed by atoms with Gasteiger partial charge in [-0.05, 0) is 79.8 Å². The molecule has 28 heavy (non-hydrogen) atoms. The van der Waals surface area contributed by atoms with Crippen LogP contribution in [0.5, 0.6) is 0 Å². The minimum Gasteiger partial charge on any atom is -0.462 e. The van der Waals surface area contributed by atoms with E-state index in [-0.39, 0.29) is 23.0 Å². The van der Waals surface area contributed by atoms with Crippen LogP contribution >= 0.6 is 0 Å². The Hall–Kier alpha value is -0.353. The smallest absolute Gasteiger partial charge is 0.309 e. The van der Waals surface area contributed by atoms with Crippen molar-refractivity contribution in [3.05, 3.63) is 0 Å². The first-order valence-corrected chi connectivity index (χ1v) is 14.6. The Balaban J connectivity index is 1.68. The van der Waals surface area contributed by atoms with E-state index in [1.54, 1.807) is 0 Å². The molecule has 3 nitrogen and oxygen atoms in total. The lowest BCUT2D eigenvalue weighted by molar-refractivity contribution is -0.144. The summed E-state index contributed by atoms with van der Waals surface area (Å²) in [6.07, 6.45) is 9.04. The first-order chi connectivity index (χ1) is 12.8. The SMILES string of the molecule is C[C@H](C[C@@H]1C[C@H](C)C(=O)O1)[C@H]1CCC2C(O[Si](C)(C)C(C)(C)C)CCC[C@]21C. The van der Waals surface area contributed by atoms with Gasteiger partial charge in [-0.15, -0.1) is 0 Å². The highest BCUT2D eigenvalue weighted by atomic mass is 28.4. The van der Waals surface area contributed by atoms with Crippen LogP contribution < -0.4 is 0 Å². The van der Waals surface area contributed by atoms with E-state index in [0.29, 0.717) is 23.4 Å². The van der Waals surface area contributed by atoms with Crippen LogP contribution in [0, 0.1) is 29.1 Å². The Morgan fingerprint density at radius 3 is 2.50 bits per heavy atom. The lowest BCUT2D eigenvalue weighted by Gasteiger charge is -2.50. The van der Waals surface area contributed by atoms with Gasteiger partial charge in [0, 0.05) is 6.10 Å². The molecule has 0 radical (unpaired) electrons. The van der Waals surface area contributed by atoms with Crippen molar-refractivity contribution in [3.63, 3.8) is 0 Å². The number of esters is 1. The van der Waals surface area contributed by atoms with Crippen molar-refractivity contribution in [3.8, 4) is 0 Å². The monoisotopic (exact) mass is 408 g/mol. The molecule has 0 N–H and O–H groups in total. The summed E-state index contributed by atoms with van der Waals surface area (Å²) in [6, 6.07) is 0. The van der Waals surface area contributed by atoms with E-state index in [2.05, 4.69) is 47.7 Å². The van der Waals surface area contributed by atoms with Gasteiger partial charge in [-0.2, -0.15) is 0 Å². The molecule has 0 aromatic heterocycles. The predicted molar refractivity (Wildman–Crippen MR) is 118 cm³/mol. The Labute approximate surface area is 174 Å². The number of ether oxygens (including phenoxy) is 1. The molecule has 162 valence electrons. The number of carbonyl (C=O) groups is 1. The van der Waals surface area contributed by atoms with E-state index < -0.39 is 8.32 Å². The molecule has 1 saturated heterocycles. The van der Waals surface area contributed by atoms with Crippen LogP contribution in [0.4, 0.5) is 0 Å². The summed E-state index contributed by atoms with van der Waals surface area (Å²) in [4.78, 5) is 11.8. The maximum Gasteiger partial charge on any atom is 0.309 e. The van der Waals surface area contributed by atoms with Crippen LogP contribution in [-0.2, 0) is 14.0 Å². The average Bonchev–Trinajstić information content (AvgIpc) is 3.06. The molecule has 3 fully saturated rings. The van der Waals surface area contributed by atoms with Gasteiger partial charge in [0.1, 0.15) is 6.10 Å². The zero-order valence-corrected chi connectivity index (χ0v) is 20.6. The van der Waals surface area contributed by atoms with Gasteiger partial charge in [0.2, 0.25) is 0 Å². The molecule has 3 rings (SSSR count). The van der Waals surface area contributed by atoms with Gasteiger partial charge in [0.25, 0.3) is 0 Å². The van der Waals surface area contributed by atoms with Gasteiger partial charge in [0.15, 0.2) is 8.32 Å². The molecule has 2 saturated carbocycles. The lowest BCUT2D eigenvalue weighted by atomic mass is 9.61. The van der Waals surface area contributed by atoms with Crippen LogP contribution in [0.25, 0.3) is 0 Å². The Morgan fingerprint density at radius 2 is 1.93 bits per heavy atom. The Morgan fingerprint density at radius 1 is 1.25 bits per heavy atom. The van der Waals surface area contributed by atoms with Crippen LogP contribution in [0.1, 0.15) is 86.5 Å². The van der Waals surface area contributed by atoms with Crippen molar-refractivity contribution in [1.82, 2.24) is 0 Å². The van der Waals surface area contributed by atoms with Crippen molar-refractivity contribution in [2.24, 2.45) is 29.1 Å². The molecule has 0 amide bonds. The summed E-state index contributed by atoms with van der Waals surface area (Å²) in [5, 5.41) is 0.273. The highest BCUT2D eigenvalue weighted by molar-refractivity contribution is 6.74. The largest absolute Gasteiger partial charge is 0.462 e. The van der Waals surface area contributed by atoms with Crippen LogP contribution in [0.2, 0.25) is 18.1 Å². The van der Waals surface area contributed by atoms with E-state index in [9.17, 15) is 4.79 Å². The molecular weight excluding hydrogens is 364 g/mol. The number of hydrogen-bond acceptors (Lipinski definition) is 3. The molecular formula is C24H44O3Si. The third kappa shape index (κ3) is 4.10. The van der Waals surface area contributed by atoms with E-state index >= 15 is 0 Å². The average molecular weight is 409 g/mol. The van der Waals surface area contributed by atoms with Gasteiger partial charge >= 0.3 is 5.97 Å². The number of fused-ring (bicyclic) bond motifs is 1. The fraction of sp³-hybridized carbons (Fsp3) is 0.958. The number of hydrogen-bond donors (Lipinski definition) is 0. The zero-order chi connectivity index (χ0) is 20.9. The second-order valence-corrected chi connectivity index (χ2v) is 16.8. The third-order valence-electron chi connectivity index (χ3n) is 9.01. The predicted octanol–water partition coefficient (Wildman–Crippen LogP) is 6.57. The van der Waals surface area contributed by atoms with Crippen molar-refractivity contribution in [2.75, 3.05) is 0 Å². The van der Waals surface area contributed by atoms with Gasteiger partial charge in [-0.3, -0.25) is 4.79 Å². The molecule has 2 aliphatic carbocycles. The van der Waals surface area contributed by atoms with Crippen molar-refractivity contribution < 1.29 is 14.0 Å². The molecule has 0 aromatic carbocycles. The highest BCUT2D eigenvalue weighted by Gasteiger charge is 2.54. The standard InChI is InChI=1S/C24H44O3Si/c1-16(14-18-15-17(2)22(25)26-18)19-11-12-20-21(10-9-13-24(19,20)6)27-28(7,8)23(3,4)5/h16-21H,9-15H2,1-8H3/t16-,17+,18-,19-,20?,21?,24+/m1/s1. The Bertz CT molecular complexity index is 581. The quantitative estimate of drug-likeness (QED) is 0.381. The summed E-state index contributed by atoms with van der Waals surface area (Å²) >= 11 is 0. The minimum atomic E-state index is -1.74. The number of rotatable bonds is 5. The number of cyclic esters (lactones) is 1. The first-order valence-electron chi connectivity index (χ1n) is 11.7. The molecule has 1 heterocycles. The first kappa shape index (κ1) is 22.3. The molecule has 0 spiro atoms. The van der Waals surface area contributed by atoms with E-state index in [0.717, 1.165) is 18.8 Å². The minimum absolute atomic E-state index is 0.00760. The van der Waals surface area contributed by atoms with Gasteiger partial charge < -0.3 is 9.16 Å². The summed E-state index contributed by atoms with van der Waals surface area (Å²) < 4.78 is 12.6. The van der Waals surface area contributed by atoms with Crippen molar-refractivity contribution in [1.29, 1.82) is 0 Å². The van der Waals surface area contributed by atoms with E-state index in [4.69, 9.17) is 9.16 Å². The van der Waals surface area contributed by atoms with Crippen LogP contribution in [0.3, 0.4) is 0 Å². The van der Waals surface area contributed by atoms with Gasteiger partial charge in [-0.1, -0.05) is 48.0 Å². The molecule has 7 atom stereocenters. The van der Waals surface area contributed by atoms with Crippen LogP contribution in [-0.4, -0.2) is 26.5 Å². The normalized spacial score (nSPS) is 40.3. The van der Waals surface area contributed by atoms with Gasteiger partial charge in [0.05, 0.1) is 5.92 Å². The summed E-state index contributed by atoms with van der Waals surface area (Å²) in [6.45, 7) is 18.8. The zero-order valence-electron chi connectivity index (χ0n) is 19.6. The fourth-order valence-electron chi connectivity index (χ4n) is 6.33. The van der Waals surface area contributed by atoms with Crippen LogP contribution in [0.15, 0.2) is 0 Å². The lowest BCUT2D eigenvalue weighted by Crippen LogP contribution is -2.50. The Kier molecular flexibility index (Phi) is 6.16. The molecule has 4 heteroatoms. The van der Waals surface area contributed by atoms with E-state index in [1.807, 2.05) is 6.92 Å². The maximum atomic E-state index is 11.8. The topological polar surface area (TPSA) is 35.5 Å². The molecule has 0 bridgehead atoms. The summed E-state index contributed by atoms with van der Waals surface area (Å²) in [5.41, 5.74) is 0.388. The number of carbonyl (C=O) groups excluding carboxylic acids is 1. The second-order valence-electron chi connectivity index (χ2n) is 12.0. The molecule has 0 aromatic rings. The summed E-state index contributed by atoms with van der Waals surface area (Å²) in [7, 11) is -1.74. The van der Waals surface area contributed by atoms with Crippen molar-refractivity contribution in [2.45, 2.75) is 117 Å². The molecule has 2 unspecified atom stereocenters. The molecule has 1 aliphatic heterocycles. The summed E-state index contributed by atoms with van der Waals surface area (Å²) in [5.74, 6) is 2.14. The second kappa shape index (κ2) is 7.72. The third-order valence-corrected chi connectivity index (χ3v) is 13.5. The van der Waals surface area contributed by atoms with E-state index in [1.165, 1.54) is 32.1 Å². The fourth-order valence-corrected chi connectivity index (χ4v) is 7.73. The maximum absolute atomic E-state index is 11.8. The molecule has 3 aliphatic rings. The highest BCUT2D eigenvalue weighted by Crippen LogP contribution is 2.59. The van der Waals surface area contributed by atoms with Crippen molar-refractivity contribution >= 4 is 14.3 Å².